The van der Waals surface area contributed by atoms with E-state index in [1.54, 1.807) is 42.5 Å². The number of ether oxygens (including phenoxy) is 3. The number of hydrogen-bond acceptors (Lipinski definition) is 10. The molecule has 3 aromatic carbocycles. The fourth-order valence-electron chi connectivity index (χ4n) is 4.80. The summed E-state index contributed by atoms with van der Waals surface area (Å²) in [6, 6.07) is 18.6. The minimum absolute atomic E-state index is 0.0743. The first-order valence-electron chi connectivity index (χ1n) is 13.6. The number of halogens is 1. The number of thioether (sulfide) groups is 1. The van der Waals surface area contributed by atoms with E-state index in [0.717, 1.165) is 12.0 Å². The Hall–Kier alpha value is -4.06. The van der Waals surface area contributed by atoms with E-state index in [2.05, 4.69) is 10.2 Å². The maximum absolute atomic E-state index is 13.6. The highest BCUT2D eigenvalue weighted by Crippen LogP contribution is 2.45. The van der Waals surface area contributed by atoms with Crippen molar-refractivity contribution < 1.29 is 28.9 Å². The first-order chi connectivity index (χ1) is 20.9. The van der Waals surface area contributed by atoms with E-state index < -0.39 is 17.7 Å². The number of hydrogen-bond donors (Lipinski definition) is 1. The van der Waals surface area contributed by atoms with Gasteiger partial charge in [-0.25, -0.2) is 0 Å². The van der Waals surface area contributed by atoms with E-state index in [1.165, 1.54) is 28.0 Å². The third-order valence-electron chi connectivity index (χ3n) is 6.82. The van der Waals surface area contributed by atoms with Crippen molar-refractivity contribution in [1.82, 2.24) is 10.2 Å². The summed E-state index contributed by atoms with van der Waals surface area (Å²) in [6.07, 6.45) is 0.812. The second kappa shape index (κ2) is 12.7. The second-order valence-electron chi connectivity index (χ2n) is 9.68. The Morgan fingerprint density at radius 1 is 1.07 bits per heavy atom. The van der Waals surface area contributed by atoms with Crippen LogP contribution in [-0.2, 0) is 15.3 Å². The fraction of sp³-hybridized carbons (Fsp3) is 0.226. The van der Waals surface area contributed by atoms with Crippen LogP contribution in [0.3, 0.4) is 0 Å². The van der Waals surface area contributed by atoms with Crippen LogP contribution in [0, 0.1) is 0 Å². The lowest BCUT2D eigenvalue weighted by molar-refractivity contribution is -0.132. The van der Waals surface area contributed by atoms with Crippen molar-refractivity contribution >= 4 is 57.3 Å². The molecule has 1 aromatic heterocycles. The Labute approximate surface area is 261 Å². The molecule has 0 unspecified atom stereocenters. The summed E-state index contributed by atoms with van der Waals surface area (Å²) in [6.45, 7) is 3.28. The molecule has 220 valence electrons. The summed E-state index contributed by atoms with van der Waals surface area (Å²) in [7, 11) is 0. The van der Waals surface area contributed by atoms with Gasteiger partial charge in [-0.3, -0.25) is 14.5 Å². The molecule has 1 atom stereocenters. The molecule has 0 radical (unpaired) electrons. The molecule has 0 spiro atoms. The number of aromatic nitrogens is 2. The van der Waals surface area contributed by atoms with Crippen LogP contribution in [-0.4, -0.2) is 46.8 Å². The Morgan fingerprint density at radius 2 is 1.88 bits per heavy atom. The highest BCUT2D eigenvalue weighted by Gasteiger charge is 2.48. The van der Waals surface area contributed by atoms with Gasteiger partial charge in [-0.1, -0.05) is 72.0 Å². The predicted octanol–water partition coefficient (Wildman–Crippen LogP) is 6.67. The lowest BCUT2D eigenvalue weighted by Crippen LogP contribution is -2.29. The number of nitrogens with zero attached hydrogens (tertiary/aromatic N) is 3. The maximum atomic E-state index is 13.6. The van der Waals surface area contributed by atoms with Gasteiger partial charge in [0.1, 0.15) is 24.7 Å². The quantitative estimate of drug-likeness (QED) is 0.0708. The molecule has 6 rings (SSSR count). The van der Waals surface area contributed by atoms with Gasteiger partial charge in [0.05, 0.1) is 18.2 Å². The van der Waals surface area contributed by atoms with Gasteiger partial charge in [0.15, 0.2) is 15.8 Å². The number of rotatable bonds is 9. The molecule has 1 N–H and O–H groups in total. The summed E-state index contributed by atoms with van der Waals surface area (Å²) in [4.78, 5) is 28.6. The van der Waals surface area contributed by atoms with Crippen molar-refractivity contribution in [3.8, 4) is 17.2 Å². The number of ketones is 1. The van der Waals surface area contributed by atoms with E-state index in [-0.39, 0.29) is 16.5 Å². The number of anilines is 1. The van der Waals surface area contributed by atoms with Crippen molar-refractivity contribution in [2.45, 2.75) is 29.5 Å². The van der Waals surface area contributed by atoms with Crippen LogP contribution >= 0.6 is 34.7 Å². The van der Waals surface area contributed by atoms with Gasteiger partial charge < -0.3 is 19.3 Å². The number of fused-ring (bicyclic) bond motifs is 1. The molecule has 2 aliphatic rings. The first kappa shape index (κ1) is 29.0. The van der Waals surface area contributed by atoms with Gasteiger partial charge in [0.25, 0.3) is 5.78 Å². The van der Waals surface area contributed by atoms with E-state index in [1.807, 2.05) is 31.2 Å². The number of carbonyl (C=O) groups excluding carboxylic acids is 2. The number of aliphatic hydroxyl groups excluding tert-OH is 1. The average Bonchev–Trinajstić information content (AvgIpc) is 3.60. The van der Waals surface area contributed by atoms with Crippen LogP contribution in [0.5, 0.6) is 17.2 Å². The zero-order valence-electron chi connectivity index (χ0n) is 23.0. The summed E-state index contributed by atoms with van der Waals surface area (Å²) in [5, 5.41) is 21.0. The zero-order valence-corrected chi connectivity index (χ0v) is 25.4. The largest absolute Gasteiger partial charge is 0.507 e. The van der Waals surface area contributed by atoms with E-state index in [9.17, 15) is 14.7 Å². The van der Waals surface area contributed by atoms with E-state index >= 15 is 0 Å². The van der Waals surface area contributed by atoms with Crippen LogP contribution in [0.15, 0.2) is 76.6 Å². The van der Waals surface area contributed by atoms with Crippen LogP contribution < -0.4 is 19.1 Å². The third kappa shape index (κ3) is 5.93. The molecule has 0 aliphatic carbocycles. The Kier molecular flexibility index (Phi) is 8.55. The number of benzene rings is 3. The second-order valence-corrected chi connectivity index (χ2v) is 12.3. The normalized spacial score (nSPS) is 17.3. The zero-order chi connectivity index (χ0) is 29.9. The number of Topliss-reactive ketones (excluding diaryl/α,β-unsaturated/α-hetero) is 1. The smallest absolute Gasteiger partial charge is 0.301 e. The maximum Gasteiger partial charge on any atom is 0.301 e. The van der Waals surface area contributed by atoms with Crippen molar-refractivity contribution in [1.29, 1.82) is 0 Å². The molecule has 12 heteroatoms. The molecule has 0 bridgehead atoms. The van der Waals surface area contributed by atoms with Gasteiger partial charge in [-0.2, -0.15) is 0 Å². The van der Waals surface area contributed by atoms with E-state index in [0.29, 0.717) is 63.3 Å². The molecule has 43 heavy (non-hydrogen) atoms. The van der Waals surface area contributed by atoms with Gasteiger partial charge in [-0.05, 0) is 53.9 Å². The predicted molar refractivity (Wildman–Crippen MR) is 165 cm³/mol. The molecule has 1 saturated heterocycles. The third-order valence-corrected chi connectivity index (χ3v) is 9.29. The molecule has 9 nitrogen and oxygen atoms in total. The Bertz CT molecular complexity index is 1730. The highest BCUT2D eigenvalue weighted by molar-refractivity contribution is 8.00. The average molecular weight is 636 g/mol. The number of carbonyl (C=O) groups is 2. The minimum Gasteiger partial charge on any atom is -0.507 e. The van der Waals surface area contributed by atoms with Crippen molar-refractivity contribution in [3.63, 3.8) is 0 Å². The molecule has 2 aliphatic heterocycles. The lowest BCUT2D eigenvalue weighted by Gasteiger charge is -2.23. The monoisotopic (exact) mass is 635 g/mol. The van der Waals surface area contributed by atoms with Crippen LogP contribution in [0.25, 0.3) is 5.76 Å². The van der Waals surface area contributed by atoms with Gasteiger partial charge in [-0.15, -0.1) is 10.2 Å². The molecule has 0 saturated carbocycles. The van der Waals surface area contributed by atoms with Crippen molar-refractivity contribution in [2.75, 3.05) is 24.7 Å². The lowest BCUT2D eigenvalue weighted by atomic mass is 9.95. The fourth-order valence-corrected chi connectivity index (χ4v) is 6.95. The number of amides is 1. The summed E-state index contributed by atoms with van der Waals surface area (Å²) < 4.78 is 17.7. The summed E-state index contributed by atoms with van der Waals surface area (Å²) in [5.41, 5.74) is 1.76. The van der Waals surface area contributed by atoms with Gasteiger partial charge in [0.2, 0.25) is 5.13 Å². The summed E-state index contributed by atoms with van der Waals surface area (Å²) in [5.74, 6) is 0.132. The van der Waals surface area contributed by atoms with Gasteiger partial charge in [0, 0.05) is 16.3 Å². The van der Waals surface area contributed by atoms with Gasteiger partial charge >= 0.3 is 5.91 Å². The van der Waals surface area contributed by atoms with Crippen molar-refractivity contribution in [3.05, 3.63) is 94.0 Å². The highest BCUT2D eigenvalue weighted by atomic mass is 35.5. The van der Waals surface area contributed by atoms with Crippen molar-refractivity contribution in [2.24, 2.45) is 0 Å². The van der Waals surface area contributed by atoms with Crippen LogP contribution in [0.1, 0.15) is 36.1 Å². The molecule has 4 aromatic rings. The van der Waals surface area contributed by atoms with E-state index in [4.69, 9.17) is 25.8 Å². The Morgan fingerprint density at radius 3 is 2.70 bits per heavy atom. The molecule has 1 fully saturated rings. The molecular formula is C31H26ClN3O6S2. The number of aliphatic hydroxyl groups is 1. The minimum atomic E-state index is -0.979. The molecule has 3 heterocycles. The SMILES string of the molecule is CCCOc1cccc([C@@H]2/C(=C(\O)c3ccc4c(c3)OCCO4)C(=O)C(=O)N2c2nnc(SCc3ccccc3Cl)s2)c1. The van der Waals surface area contributed by atoms with Crippen LogP contribution in [0.2, 0.25) is 5.02 Å². The molecule has 1 amide bonds. The summed E-state index contributed by atoms with van der Waals surface area (Å²) >= 11 is 8.92. The standard InChI is InChI=1S/C31H26ClN3O6S2/c1-2-12-39-21-8-5-7-18(15-21)26-25(27(36)19-10-11-23-24(16-19)41-14-13-40-23)28(37)29(38)35(26)30-33-34-31(43-30)42-17-20-6-3-4-9-22(20)32/h3-11,15-16,26,36H,2,12-14,17H2,1H3/b27-25+/t26-/m1/s1. The Balaban J connectivity index is 1.40. The topological polar surface area (TPSA) is 111 Å². The van der Waals surface area contributed by atoms with Crippen LogP contribution in [0.4, 0.5) is 5.13 Å². The first-order valence-corrected chi connectivity index (χ1v) is 15.8. The molecular weight excluding hydrogens is 610 g/mol.